The number of carbonyl (C=O) groups is 1. The third-order valence-corrected chi connectivity index (χ3v) is 4.68. The van der Waals surface area contributed by atoms with Gasteiger partial charge in [-0.1, -0.05) is 34.6 Å². The lowest BCUT2D eigenvalue weighted by molar-refractivity contribution is 0.0930. The lowest BCUT2D eigenvalue weighted by atomic mass is 10.0. The maximum absolute atomic E-state index is 12.5. The van der Waals surface area contributed by atoms with E-state index < -0.39 is 0 Å². The van der Waals surface area contributed by atoms with Crippen LogP contribution in [0, 0.1) is 16.7 Å². The van der Waals surface area contributed by atoms with Gasteiger partial charge in [0.25, 0.3) is 0 Å². The summed E-state index contributed by atoms with van der Waals surface area (Å²) in [5, 5.41) is 0. The Hall–Kier alpha value is -1.12. The minimum Gasteiger partial charge on any atom is -0.329 e. The Labute approximate surface area is 103 Å². The largest absolute Gasteiger partial charge is 0.329 e. The van der Waals surface area contributed by atoms with Crippen LogP contribution in [0.2, 0.25) is 0 Å². The Kier molecular flexibility index (Phi) is 2.68. The number of ketones is 1. The van der Waals surface area contributed by atoms with Gasteiger partial charge in [0.1, 0.15) is 0 Å². The highest BCUT2D eigenvalue weighted by Crippen LogP contribution is 2.69. The number of rotatable bonds is 4. The number of carbonyl (C=O) groups excluding carboxylic acids is 1. The standard InChI is InChI=1S/C14H22N2O/c1-6-8-16-9-7-15-12(16)10(17)11-13(2,3)14(11,4)5/h7,9,11H,6,8H2,1-5H3. The van der Waals surface area contributed by atoms with Gasteiger partial charge in [-0.2, -0.15) is 0 Å². The normalized spacial score (nSPS) is 21.5. The molecule has 1 aliphatic rings. The zero-order valence-electron chi connectivity index (χ0n) is 11.4. The molecule has 1 aromatic heterocycles. The molecule has 0 saturated heterocycles. The van der Waals surface area contributed by atoms with Crippen LogP contribution in [0.1, 0.15) is 51.7 Å². The number of aryl methyl sites for hydroxylation is 1. The first kappa shape index (κ1) is 12.3. The molecule has 94 valence electrons. The molecule has 0 radical (unpaired) electrons. The zero-order valence-corrected chi connectivity index (χ0v) is 11.4. The Balaban J connectivity index is 2.25. The van der Waals surface area contributed by atoms with Crippen molar-refractivity contribution in [2.24, 2.45) is 16.7 Å². The molecule has 1 aliphatic carbocycles. The predicted molar refractivity (Wildman–Crippen MR) is 67.9 cm³/mol. The first-order valence-electron chi connectivity index (χ1n) is 6.39. The summed E-state index contributed by atoms with van der Waals surface area (Å²) in [5.74, 6) is 0.946. The number of Topliss-reactive ketones (excluding diaryl/α,β-unsaturated/α-hetero) is 1. The van der Waals surface area contributed by atoms with Gasteiger partial charge < -0.3 is 4.57 Å². The average Bonchev–Trinajstić information content (AvgIpc) is 2.58. The van der Waals surface area contributed by atoms with Crippen LogP contribution in [-0.2, 0) is 6.54 Å². The summed E-state index contributed by atoms with van der Waals surface area (Å²) < 4.78 is 1.98. The summed E-state index contributed by atoms with van der Waals surface area (Å²) in [7, 11) is 0. The van der Waals surface area contributed by atoms with Crippen molar-refractivity contribution in [3.8, 4) is 0 Å². The number of hydrogen-bond acceptors (Lipinski definition) is 2. The van der Waals surface area contributed by atoms with E-state index >= 15 is 0 Å². The number of hydrogen-bond donors (Lipinski definition) is 0. The SMILES string of the molecule is CCCn1ccnc1C(=O)C1C(C)(C)C1(C)C. The number of nitrogens with zero attached hydrogens (tertiary/aromatic N) is 2. The summed E-state index contributed by atoms with van der Waals surface area (Å²) >= 11 is 0. The van der Waals surface area contributed by atoms with Crippen molar-refractivity contribution in [1.82, 2.24) is 9.55 Å². The van der Waals surface area contributed by atoms with E-state index in [4.69, 9.17) is 0 Å². The molecular formula is C14H22N2O. The van der Waals surface area contributed by atoms with Crippen LogP contribution < -0.4 is 0 Å². The van der Waals surface area contributed by atoms with E-state index in [1.165, 1.54) is 0 Å². The monoisotopic (exact) mass is 234 g/mol. The quantitative estimate of drug-likeness (QED) is 0.750. The first-order valence-corrected chi connectivity index (χ1v) is 6.39. The molecule has 17 heavy (non-hydrogen) atoms. The van der Waals surface area contributed by atoms with Gasteiger partial charge >= 0.3 is 0 Å². The lowest BCUT2D eigenvalue weighted by Gasteiger charge is -2.06. The maximum Gasteiger partial charge on any atom is 0.202 e. The van der Waals surface area contributed by atoms with E-state index in [9.17, 15) is 4.79 Å². The van der Waals surface area contributed by atoms with Gasteiger partial charge in [0.2, 0.25) is 5.78 Å². The van der Waals surface area contributed by atoms with Gasteiger partial charge in [0.15, 0.2) is 5.82 Å². The maximum atomic E-state index is 12.5. The summed E-state index contributed by atoms with van der Waals surface area (Å²) in [6.45, 7) is 11.7. The average molecular weight is 234 g/mol. The summed E-state index contributed by atoms with van der Waals surface area (Å²) in [6.07, 6.45) is 4.65. The Morgan fingerprint density at radius 2 is 1.94 bits per heavy atom. The molecule has 0 N–H and O–H groups in total. The number of imidazole rings is 1. The van der Waals surface area contributed by atoms with E-state index in [1.54, 1.807) is 6.20 Å². The van der Waals surface area contributed by atoms with Gasteiger partial charge in [-0.3, -0.25) is 4.79 Å². The molecule has 3 nitrogen and oxygen atoms in total. The van der Waals surface area contributed by atoms with E-state index in [-0.39, 0.29) is 22.5 Å². The highest BCUT2D eigenvalue weighted by molar-refractivity contribution is 5.98. The molecule has 1 aromatic rings. The van der Waals surface area contributed by atoms with Crippen molar-refractivity contribution in [1.29, 1.82) is 0 Å². The van der Waals surface area contributed by atoms with Crippen LogP contribution in [-0.4, -0.2) is 15.3 Å². The van der Waals surface area contributed by atoms with Gasteiger partial charge in [-0.15, -0.1) is 0 Å². The van der Waals surface area contributed by atoms with Gasteiger partial charge in [0.05, 0.1) is 0 Å². The fourth-order valence-electron chi connectivity index (χ4n) is 2.94. The molecule has 1 fully saturated rings. The molecule has 0 atom stereocenters. The molecule has 1 saturated carbocycles. The predicted octanol–water partition coefficient (Wildman–Crippen LogP) is 3.16. The third kappa shape index (κ3) is 1.63. The third-order valence-electron chi connectivity index (χ3n) is 4.68. The molecule has 0 aromatic carbocycles. The topological polar surface area (TPSA) is 34.9 Å². The van der Waals surface area contributed by atoms with Crippen LogP contribution in [0.25, 0.3) is 0 Å². The smallest absolute Gasteiger partial charge is 0.202 e. The molecule has 0 bridgehead atoms. The Morgan fingerprint density at radius 1 is 1.35 bits per heavy atom. The lowest BCUT2D eigenvalue weighted by Crippen LogP contribution is -2.15. The summed E-state index contributed by atoms with van der Waals surface area (Å²) in [5.41, 5.74) is 0.181. The fraction of sp³-hybridized carbons (Fsp3) is 0.714. The summed E-state index contributed by atoms with van der Waals surface area (Å²) in [4.78, 5) is 16.8. The van der Waals surface area contributed by atoms with Crippen molar-refractivity contribution >= 4 is 5.78 Å². The molecule has 3 heteroatoms. The van der Waals surface area contributed by atoms with Gasteiger partial charge in [0, 0.05) is 24.9 Å². The second-order valence-electron chi connectivity index (χ2n) is 6.18. The first-order chi connectivity index (χ1) is 7.84. The summed E-state index contributed by atoms with van der Waals surface area (Å²) in [6, 6.07) is 0. The van der Waals surface area contributed by atoms with E-state index in [2.05, 4.69) is 39.6 Å². The van der Waals surface area contributed by atoms with Crippen molar-refractivity contribution < 1.29 is 4.79 Å². The van der Waals surface area contributed by atoms with Crippen molar-refractivity contribution in [2.45, 2.75) is 47.6 Å². The van der Waals surface area contributed by atoms with Crippen LogP contribution in [0.5, 0.6) is 0 Å². The minimum absolute atomic E-state index is 0.0904. The van der Waals surface area contributed by atoms with Crippen molar-refractivity contribution in [2.75, 3.05) is 0 Å². The van der Waals surface area contributed by atoms with Crippen molar-refractivity contribution in [3.05, 3.63) is 18.2 Å². The van der Waals surface area contributed by atoms with E-state index in [1.807, 2.05) is 10.8 Å². The molecular weight excluding hydrogens is 212 g/mol. The molecule has 0 unspecified atom stereocenters. The second kappa shape index (κ2) is 3.69. The molecule has 2 rings (SSSR count). The fourth-order valence-corrected chi connectivity index (χ4v) is 2.94. The molecule has 0 spiro atoms. The highest BCUT2D eigenvalue weighted by atomic mass is 16.1. The van der Waals surface area contributed by atoms with Crippen LogP contribution in [0.4, 0.5) is 0 Å². The van der Waals surface area contributed by atoms with Gasteiger partial charge in [-0.05, 0) is 17.3 Å². The molecule has 1 heterocycles. The van der Waals surface area contributed by atoms with Crippen LogP contribution >= 0.6 is 0 Å². The second-order valence-corrected chi connectivity index (χ2v) is 6.18. The highest BCUT2D eigenvalue weighted by Gasteiger charge is 2.68. The Morgan fingerprint density at radius 3 is 2.41 bits per heavy atom. The zero-order chi connectivity index (χ0) is 12.8. The van der Waals surface area contributed by atoms with Crippen LogP contribution in [0.15, 0.2) is 12.4 Å². The molecule has 0 aliphatic heterocycles. The van der Waals surface area contributed by atoms with E-state index in [0.29, 0.717) is 5.82 Å². The Bertz CT molecular complexity index is 429. The van der Waals surface area contributed by atoms with Crippen molar-refractivity contribution in [3.63, 3.8) is 0 Å². The van der Waals surface area contributed by atoms with Crippen LogP contribution in [0.3, 0.4) is 0 Å². The molecule has 0 amide bonds. The van der Waals surface area contributed by atoms with E-state index in [0.717, 1.165) is 13.0 Å². The number of aromatic nitrogens is 2. The minimum atomic E-state index is 0.0904. The van der Waals surface area contributed by atoms with Gasteiger partial charge in [-0.25, -0.2) is 4.98 Å².